The summed E-state index contributed by atoms with van der Waals surface area (Å²) >= 11 is 0. The van der Waals surface area contributed by atoms with Gasteiger partial charge in [-0.05, 0) is 49.1 Å². The van der Waals surface area contributed by atoms with Gasteiger partial charge in [-0.15, -0.1) is 0 Å². The zero-order valence-corrected chi connectivity index (χ0v) is 18.8. The number of amides is 1. The molecule has 4 aromatic rings. The monoisotopic (exact) mass is 425 g/mol. The number of benzene rings is 3. The van der Waals surface area contributed by atoms with Crippen molar-refractivity contribution in [2.45, 2.75) is 26.8 Å². The Morgan fingerprint density at radius 3 is 2.16 bits per heavy atom. The van der Waals surface area contributed by atoms with Gasteiger partial charge in [0, 0.05) is 22.6 Å². The molecule has 0 fully saturated rings. The van der Waals surface area contributed by atoms with Crippen molar-refractivity contribution in [1.82, 2.24) is 5.32 Å². The molecule has 0 saturated heterocycles. The van der Waals surface area contributed by atoms with E-state index in [0.717, 1.165) is 50.1 Å². The molecular formula is C28H27NO3. The normalized spacial score (nSPS) is 11.7. The number of methoxy groups -OCH3 is 1. The number of carbonyl (C=O) groups excluding carboxylic acids is 1. The first-order valence-corrected chi connectivity index (χ1v) is 10.6. The van der Waals surface area contributed by atoms with Crippen LogP contribution >= 0.6 is 0 Å². The first kappa shape index (κ1) is 21.4. The molecule has 0 saturated carbocycles. The van der Waals surface area contributed by atoms with Crippen LogP contribution in [0.5, 0.6) is 5.75 Å². The Bertz CT molecular complexity index is 1230. The average Bonchev–Trinajstić information content (AvgIpc) is 3.19. The van der Waals surface area contributed by atoms with Gasteiger partial charge in [0.1, 0.15) is 11.3 Å². The second-order valence-electron chi connectivity index (χ2n) is 7.97. The standard InChI is InChI=1S/C28H27NO3/c1-18(23-16-24-19(2)17-32-28(24)20(3)27(23)31-4)15-25(30)29-26(21-11-7-5-8-12-21)22-13-9-6-10-14-22/h5-17,26H,1-4H3,(H,29,30)/b18-15+. The molecule has 1 amide bonds. The molecule has 1 aromatic heterocycles. The van der Waals surface area contributed by atoms with Gasteiger partial charge in [-0.1, -0.05) is 60.7 Å². The fraction of sp³-hybridized carbons (Fsp3) is 0.179. The second kappa shape index (κ2) is 9.15. The molecule has 0 unspecified atom stereocenters. The first-order chi connectivity index (χ1) is 15.5. The third-order valence-corrected chi connectivity index (χ3v) is 5.77. The number of nitrogens with one attached hydrogen (secondary N) is 1. The van der Waals surface area contributed by atoms with Crippen LogP contribution in [-0.4, -0.2) is 13.0 Å². The fourth-order valence-corrected chi connectivity index (χ4v) is 4.10. The quantitative estimate of drug-likeness (QED) is 0.365. The highest BCUT2D eigenvalue weighted by Gasteiger charge is 2.19. The fourth-order valence-electron chi connectivity index (χ4n) is 4.10. The lowest BCUT2D eigenvalue weighted by Crippen LogP contribution is -2.27. The molecule has 4 nitrogen and oxygen atoms in total. The Morgan fingerprint density at radius 1 is 1.00 bits per heavy atom. The molecule has 32 heavy (non-hydrogen) atoms. The Kier molecular flexibility index (Phi) is 6.13. The molecule has 0 atom stereocenters. The largest absolute Gasteiger partial charge is 0.496 e. The summed E-state index contributed by atoms with van der Waals surface area (Å²) in [6.07, 6.45) is 3.38. The van der Waals surface area contributed by atoms with Crippen LogP contribution in [0.2, 0.25) is 0 Å². The van der Waals surface area contributed by atoms with Crippen LogP contribution in [0, 0.1) is 13.8 Å². The van der Waals surface area contributed by atoms with Crippen LogP contribution in [0.1, 0.15) is 40.8 Å². The van der Waals surface area contributed by atoms with Gasteiger partial charge in [0.25, 0.3) is 0 Å². The Hall–Kier alpha value is -3.79. The Morgan fingerprint density at radius 2 is 1.59 bits per heavy atom. The highest BCUT2D eigenvalue weighted by atomic mass is 16.5. The third-order valence-electron chi connectivity index (χ3n) is 5.77. The van der Waals surface area contributed by atoms with Gasteiger partial charge < -0.3 is 14.5 Å². The molecule has 0 aliphatic carbocycles. The number of carbonyl (C=O) groups is 1. The summed E-state index contributed by atoms with van der Waals surface area (Å²) in [5.41, 5.74) is 6.56. The van der Waals surface area contributed by atoms with Gasteiger partial charge in [0.15, 0.2) is 0 Å². The van der Waals surface area contributed by atoms with Crippen LogP contribution in [-0.2, 0) is 4.79 Å². The first-order valence-electron chi connectivity index (χ1n) is 10.6. The number of fused-ring (bicyclic) bond motifs is 1. The van der Waals surface area contributed by atoms with Gasteiger partial charge in [-0.3, -0.25) is 4.79 Å². The maximum atomic E-state index is 13.1. The maximum absolute atomic E-state index is 13.1. The maximum Gasteiger partial charge on any atom is 0.245 e. The number of allylic oxidation sites excluding steroid dienone is 1. The summed E-state index contributed by atoms with van der Waals surface area (Å²) in [6.45, 7) is 5.91. The topological polar surface area (TPSA) is 51.5 Å². The number of hydrogen-bond acceptors (Lipinski definition) is 3. The van der Waals surface area contributed by atoms with Gasteiger partial charge in [-0.2, -0.15) is 0 Å². The van der Waals surface area contributed by atoms with E-state index in [1.165, 1.54) is 0 Å². The van der Waals surface area contributed by atoms with Crippen LogP contribution in [0.4, 0.5) is 0 Å². The van der Waals surface area contributed by atoms with Crippen molar-refractivity contribution in [2.24, 2.45) is 0 Å². The average molecular weight is 426 g/mol. The summed E-state index contributed by atoms with van der Waals surface area (Å²) in [7, 11) is 1.64. The molecule has 0 aliphatic rings. The van der Waals surface area contributed by atoms with E-state index in [-0.39, 0.29) is 11.9 Å². The number of ether oxygens (including phenoxy) is 1. The molecule has 0 bridgehead atoms. The van der Waals surface area contributed by atoms with Crippen molar-refractivity contribution in [3.8, 4) is 5.75 Å². The molecule has 3 aromatic carbocycles. The SMILES string of the molecule is COc1c(/C(C)=C/C(=O)NC(c2ccccc2)c2ccccc2)cc2c(C)coc2c1C. The summed E-state index contributed by atoms with van der Waals surface area (Å²) in [6, 6.07) is 21.8. The molecule has 0 aliphatic heterocycles. The van der Waals surface area contributed by atoms with E-state index in [4.69, 9.17) is 9.15 Å². The van der Waals surface area contributed by atoms with Crippen molar-refractivity contribution in [2.75, 3.05) is 7.11 Å². The molecule has 0 spiro atoms. The lowest BCUT2D eigenvalue weighted by molar-refractivity contribution is -0.116. The lowest BCUT2D eigenvalue weighted by Gasteiger charge is -2.19. The van der Waals surface area contributed by atoms with Gasteiger partial charge in [0.2, 0.25) is 5.91 Å². The number of hydrogen-bond donors (Lipinski definition) is 1. The number of aryl methyl sites for hydroxylation is 2. The van der Waals surface area contributed by atoms with E-state index >= 15 is 0 Å². The molecule has 4 heteroatoms. The van der Waals surface area contributed by atoms with Gasteiger partial charge in [-0.25, -0.2) is 0 Å². The molecule has 0 radical (unpaired) electrons. The molecule has 1 heterocycles. The van der Waals surface area contributed by atoms with Crippen molar-refractivity contribution in [3.63, 3.8) is 0 Å². The lowest BCUT2D eigenvalue weighted by atomic mass is 9.97. The Balaban J connectivity index is 1.69. The smallest absolute Gasteiger partial charge is 0.245 e. The zero-order valence-electron chi connectivity index (χ0n) is 18.8. The van der Waals surface area contributed by atoms with E-state index in [0.29, 0.717) is 0 Å². The van der Waals surface area contributed by atoms with E-state index in [1.54, 1.807) is 19.4 Å². The van der Waals surface area contributed by atoms with Crippen molar-refractivity contribution in [3.05, 3.63) is 107 Å². The van der Waals surface area contributed by atoms with Crippen LogP contribution in [0.25, 0.3) is 16.5 Å². The van der Waals surface area contributed by atoms with Crippen molar-refractivity contribution < 1.29 is 13.9 Å². The van der Waals surface area contributed by atoms with Crippen molar-refractivity contribution in [1.29, 1.82) is 0 Å². The summed E-state index contributed by atoms with van der Waals surface area (Å²) in [5, 5.41) is 4.20. The van der Waals surface area contributed by atoms with E-state index in [9.17, 15) is 4.79 Å². The predicted molar refractivity (Wildman–Crippen MR) is 129 cm³/mol. The van der Waals surface area contributed by atoms with Crippen molar-refractivity contribution >= 4 is 22.4 Å². The predicted octanol–water partition coefficient (Wildman–Crippen LogP) is 6.37. The summed E-state index contributed by atoms with van der Waals surface area (Å²) < 4.78 is 11.4. The van der Waals surface area contributed by atoms with Crippen LogP contribution in [0.3, 0.4) is 0 Å². The second-order valence-corrected chi connectivity index (χ2v) is 7.97. The number of rotatable bonds is 6. The molecular weight excluding hydrogens is 398 g/mol. The number of furan rings is 1. The molecule has 1 N–H and O–H groups in total. The highest BCUT2D eigenvalue weighted by Crippen LogP contribution is 2.37. The zero-order chi connectivity index (χ0) is 22.7. The van der Waals surface area contributed by atoms with E-state index < -0.39 is 0 Å². The van der Waals surface area contributed by atoms with Crippen LogP contribution in [0.15, 0.2) is 83.5 Å². The minimum Gasteiger partial charge on any atom is -0.496 e. The van der Waals surface area contributed by atoms with E-state index in [1.807, 2.05) is 87.5 Å². The summed E-state index contributed by atoms with van der Waals surface area (Å²) in [4.78, 5) is 13.1. The van der Waals surface area contributed by atoms with Gasteiger partial charge in [0.05, 0.1) is 19.4 Å². The Labute approximate surface area is 188 Å². The highest BCUT2D eigenvalue weighted by molar-refractivity contribution is 5.98. The molecule has 162 valence electrons. The van der Waals surface area contributed by atoms with E-state index in [2.05, 4.69) is 5.32 Å². The summed E-state index contributed by atoms with van der Waals surface area (Å²) in [5.74, 6) is 0.556. The molecule has 4 rings (SSSR count). The minimum absolute atomic E-state index is 0.163. The third kappa shape index (κ3) is 4.17. The van der Waals surface area contributed by atoms with Crippen LogP contribution < -0.4 is 10.1 Å². The minimum atomic E-state index is -0.240. The van der Waals surface area contributed by atoms with Gasteiger partial charge >= 0.3 is 0 Å².